The number of hydrogen-bond acceptors (Lipinski definition) is 4. The summed E-state index contributed by atoms with van der Waals surface area (Å²) in [6.07, 6.45) is -0.682. The van der Waals surface area contributed by atoms with Crippen LogP contribution in [0.5, 0.6) is 5.75 Å². The third-order valence-corrected chi connectivity index (χ3v) is 4.90. The van der Waals surface area contributed by atoms with Crippen molar-refractivity contribution in [2.45, 2.75) is 17.9 Å². The molecule has 2 aromatic rings. The smallest absolute Gasteiger partial charge is 0.240 e. The van der Waals surface area contributed by atoms with E-state index < -0.39 is 27.8 Å². The Morgan fingerprint density at radius 2 is 1.92 bits per heavy atom. The van der Waals surface area contributed by atoms with Crippen molar-refractivity contribution in [1.82, 2.24) is 4.72 Å². The molecule has 5 nitrogen and oxygen atoms in total. The summed E-state index contributed by atoms with van der Waals surface area (Å²) < 4.78 is 64.4. The Morgan fingerprint density at radius 3 is 2.52 bits per heavy atom. The fraction of sp³-hybridized carbons (Fsp3) is 0.294. The second-order valence-electron chi connectivity index (χ2n) is 5.16. The molecular weight excluding hydrogens is 352 g/mol. The van der Waals surface area contributed by atoms with E-state index in [4.69, 9.17) is 9.47 Å². The van der Waals surface area contributed by atoms with Crippen molar-refractivity contribution >= 4 is 10.0 Å². The second-order valence-corrected chi connectivity index (χ2v) is 6.92. The van der Waals surface area contributed by atoms with Crippen LogP contribution in [0.4, 0.5) is 8.78 Å². The van der Waals surface area contributed by atoms with Crippen LogP contribution in [0.1, 0.15) is 18.6 Å². The van der Waals surface area contributed by atoms with Crippen molar-refractivity contribution in [3.8, 4) is 5.75 Å². The zero-order valence-corrected chi connectivity index (χ0v) is 14.6. The summed E-state index contributed by atoms with van der Waals surface area (Å²) in [6.45, 7) is 1.84. The van der Waals surface area contributed by atoms with Crippen LogP contribution in [0.2, 0.25) is 0 Å². The first kappa shape index (κ1) is 19.3. The summed E-state index contributed by atoms with van der Waals surface area (Å²) >= 11 is 0. The van der Waals surface area contributed by atoms with Crippen molar-refractivity contribution in [2.24, 2.45) is 0 Å². The molecule has 0 aliphatic carbocycles. The molecule has 25 heavy (non-hydrogen) atoms. The maximum absolute atomic E-state index is 13.9. The number of benzene rings is 2. The molecule has 0 aliphatic heterocycles. The molecule has 0 heterocycles. The average molecular weight is 371 g/mol. The number of methoxy groups -OCH3 is 1. The number of nitrogens with one attached hydrogen (secondary N) is 1. The summed E-state index contributed by atoms with van der Waals surface area (Å²) in [5, 5.41) is 0. The van der Waals surface area contributed by atoms with E-state index in [2.05, 4.69) is 4.72 Å². The number of sulfonamides is 1. The molecular formula is C17H19F2NO4S. The van der Waals surface area contributed by atoms with Gasteiger partial charge in [-0.2, -0.15) is 0 Å². The van der Waals surface area contributed by atoms with Gasteiger partial charge in [-0.3, -0.25) is 0 Å². The highest BCUT2D eigenvalue weighted by atomic mass is 32.2. The summed E-state index contributed by atoms with van der Waals surface area (Å²) in [6, 6.07) is 9.07. The largest absolute Gasteiger partial charge is 0.491 e. The first-order valence-electron chi connectivity index (χ1n) is 7.57. The highest BCUT2D eigenvalue weighted by Gasteiger charge is 2.20. The van der Waals surface area contributed by atoms with E-state index >= 15 is 0 Å². The van der Waals surface area contributed by atoms with E-state index in [0.29, 0.717) is 5.56 Å². The Labute approximate surface area is 145 Å². The van der Waals surface area contributed by atoms with Crippen LogP contribution in [-0.2, 0) is 14.8 Å². The van der Waals surface area contributed by atoms with Crippen LogP contribution in [0.3, 0.4) is 0 Å². The lowest BCUT2D eigenvalue weighted by Crippen LogP contribution is -2.29. The van der Waals surface area contributed by atoms with Gasteiger partial charge in [0.05, 0.1) is 17.6 Å². The Morgan fingerprint density at radius 1 is 1.16 bits per heavy atom. The molecule has 136 valence electrons. The lowest BCUT2D eigenvalue weighted by molar-refractivity contribution is 0.107. The molecule has 0 saturated heterocycles. The first-order valence-corrected chi connectivity index (χ1v) is 9.06. The van der Waals surface area contributed by atoms with Gasteiger partial charge in [-0.15, -0.1) is 0 Å². The van der Waals surface area contributed by atoms with Crippen LogP contribution in [0.15, 0.2) is 47.4 Å². The maximum Gasteiger partial charge on any atom is 0.240 e. The van der Waals surface area contributed by atoms with E-state index in [-0.39, 0.29) is 23.8 Å². The fourth-order valence-corrected chi connectivity index (χ4v) is 3.28. The van der Waals surface area contributed by atoms with E-state index in [1.165, 1.54) is 37.4 Å². The molecule has 0 bridgehead atoms. The lowest BCUT2D eigenvalue weighted by atomic mass is 10.1. The van der Waals surface area contributed by atoms with Crippen LogP contribution >= 0.6 is 0 Å². The summed E-state index contributed by atoms with van der Waals surface area (Å²) in [7, 11) is -2.57. The summed E-state index contributed by atoms with van der Waals surface area (Å²) in [5.41, 5.74) is 0.489. The monoisotopic (exact) mass is 371 g/mol. The summed E-state index contributed by atoms with van der Waals surface area (Å²) in [5.74, 6) is -1.23. The van der Waals surface area contributed by atoms with E-state index in [1.54, 1.807) is 13.0 Å². The topological polar surface area (TPSA) is 64.6 Å². The molecule has 0 aromatic heterocycles. The minimum Gasteiger partial charge on any atom is -0.491 e. The fourth-order valence-electron chi connectivity index (χ4n) is 2.23. The molecule has 0 aliphatic rings. The summed E-state index contributed by atoms with van der Waals surface area (Å²) in [4.78, 5) is -0.234. The second kappa shape index (κ2) is 8.37. The van der Waals surface area contributed by atoms with Crippen molar-refractivity contribution in [3.05, 3.63) is 59.7 Å². The maximum atomic E-state index is 13.9. The molecule has 2 aromatic carbocycles. The van der Waals surface area contributed by atoms with Crippen molar-refractivity contribution in [1.29, 1.82) is 0 Å². The standard InChI is InChI=1S/C17H19F2NO4S/c1-3-24-16-8-7-14(10-15(16)19)25(21,22)20-11-17(23-2)12-5-4-6-13(18)9-12/h4-10,17,20H,3,11H2,1-2H3. The van der Waals surface area contributed by atoms with Gasteiger partial charge >= 0.3 is 0 Å². The molecule has 0 spiro atoms. The van der Waals surface area contributed by atoms with Gasteiger partial charge in [0, 0.05) is 13.7 Å². The lowest BCUT2D eigenvalue weighted by Gasteiger charge is -2.17. The van der Waals surface area contributed by atoms with Crippen molar-refractivity contribution in [3.63, 3.8) is 0 Å². The number of rotatable bonds is 8. The van der Waals surface area contributed by atoms with Crippen LogP contribution in [-0.4, -0.2) is 28.7 Å². The molecule has 1 N–H and O–H groups in total. The first-order chi connectivity index (χ1) is 11.9. The molecule has 8 heteroatoms. The molecule has 1 unspecified atom stereocenters. The highest BCUT2D eigenvalue weighted by molar-refractivity contribution is 7.89. The molecule has 0 fully saturated rings. The number of hydrogen-bond donors (Lipinski definition) is 1. The SMILES string of the molecule is CCOc1ccc(S(=O)(=O)NCC(OC)c2cccc(F)c2)cc1F. The van der Waals surface area contributed by atoms with Gasteiger partial charge in [0.15, 0.2) is 11.6 Å². The predicted octanol–water partition coefficient (Wildman–Crippen LogP) is 3.03. The van der Waals surface area contributed by atoms with Gasteiger partial charge in [0.1, 0.15) is 5.82 Å². The third kappa shape index (κ3) is 4.97. The average Bonchev–Trinajstić information content (AvgIpc) is 2.57. The van der Waals surface area contributed by atoms with Gasteiger partial charge in [0.25, 0.3) is 0 Å². The zero-order chi connectivity index (χ0) is 18.4. The minimum absolute atomic E-state index is 0.0176. The molecule has 0 amide bonds. The van der Waals surface area contributed by atoms with E-state index in [1.807, 2.05) is 0 Å². The predicted molar refractivity (Wildman–Crippen MR) is 88.9 cm³/mol. The molecule has 0 radical (unpaired) electrons. The normalized spacial score (nSPS) is 12.8. The minimum atomic E-state index is -3.96. The van der Waals surface area contributed by atoms with E-state index in [9.17, 15) is 17.2 Å². The molecule has 0 saturated carbocycles. The van der Waals surface area contributed by atoms with Gasteiger partial charge in [-0.25, -0.2) is 21.9 Å². The Bertz CT molecular complexity index is 827. The third-order valence-electron chi connectivity index (χ3n) is 3.48. The van der Waals surface area contributed by atoms with Gasteiger partial charge in [0.2, 0.25) is 10.0 Å². The highest BCUT2D eigenvalue weighted by Crippen LogP contribution is 2.22. The molecule has 1 atom stereocenters. The van der Waals surface area contributed by atoms with Gasteiger partial charge in [-0.05, 0) is 42.8 Å². The van der Waals surface area contributed by atoms with Crippen LogP contribution in [0.25, 0.3) is 0 Å². The van der Waals surface area contributed by atoms with Gasteiger partial charge < -0.3 is 9.47 Å². The van der Waals surface area contributed by atoms with E-state index in [0.717, 1.165) is 6.07 Å². The Hall–Kier alpha value is -2.03. The Balaban J connectivity index is 2.14. The quantitative estimate of drug-likeness (QED) is 0.775. The van der Waals surface area contributed by atoms with Crippen LogP contribution in [0, 0.1) is 11.6 Å². The molecule has 2 rings (SSSR count). The number of halogens is 2. The van der Waals surface area contributed by atoms with Gasteiger partial charge in [-0.1, -0.05) is 12.1 Å². The van der Waals surface area contributed by atoms with Crippen molar-refractivity contribution < 1.29 is 26.7 Å². The number of ether oxygens (including phenoxy) is 2. The Kier molecular flexibility index (Phi) is 6.46. The van der Waals surface area contributed by atoms with Crippen molar-refractivity contribution in [2.75, 3.05) is 20.3 Å². The zero-order valence-electron chi connectivity index (χ0n) is 13.8. The van der Waals surface area contributed by atoms with Crippen LogP contribution < -0.4 is 9.46 Å².